The van der Waals surface area contributed by atoms with Gasteiger partial charge in [0.1, 0.15) is 10.1 Å². The van der Waals surface area contributed by atoms with E-state index < -0.39 is 10.1 Å². The van der Waals surface area contributed by atoms with E-state index in [1.807, 2.05) is 12.1 Å². The summed E-state index contributed by atoms with van der Waals surface area (Å²) in [6, 6.07) is 11.6. The molecule has 0 aromatic heterocycles. The minimum absolute atomic E-state index is 0. The normalized spacial score (nSPS) is 10.3. The summed E-state index contributed by atoms with van der Waals surface area (Å²) in [5, 5.41) is 1.67. The molecule has 6 heteroatoms. The van der Waals surface area contributed by atoms with Crippen molar-refractivity contribution in [3.05, 3.63) is 42.5 Å². The molecule has 0 aliphatic heterocycles. The van der Waals surface area contributed by atoms with Crippen molar-refractivity contribution in [3.63, 3.8) is 0 Å². The van der Waals surface area contributed by atoms with Gasteiger partial charge in [0.2, 0.25) is 0 Å². The Kier molecular flexibility index (Phi) is 5.92. The molecule has 0 bridgehead atoms. The van der Waals surface area contributed by atoms with Crippen molar-refractivity contribution in [1.29, 1.82) is 0 Å². The molecule has 0 aliphatic rings. The van der Waals surface area contributed by atoms with E-state index in [1.54, 1.807) is 18.2 Å². The van der Waals surface area contributed by atoms with Gasteiger partial charge in [-0.3, -0.25) is 0 Å². The summed E-state index contributed by atoms with van der Waals surface area (Å²) in [5.74, 6) is 0. The summed E-state index contributed by atoms with van der Waals surface area (Å²) in [6.07, 6.45) is 0. The van der Waals surface area contributed by atoms with E-state index in [9.17, 15) is 13.0 Å². The topological polar surface area (TPSA) is 57.2 Å². The average molecular weight is 311 g/mol. The molecule has 3 nitrogen and oxygen atoms in total. The fourth-order valence-corrected chi connectivity index (χ4v) is 1.83. The van der Waals surface area contributed by atoms with E-state index in [1.165, 1.54) is 12.1 Å². The number of hydrogen-bond acceptors (Lipinski definition) is 3. The molecule has 0 saturated carbocycles. The Labute approximate surface area is 121 Å². The maximum absolute atomic E-state index is 10.7. The van der Waals surface area contributed by atoms with Crippen LogP contribution in [0.15, 0.2) is 47.4 Å². The van der Waals surface area contributed by atoms with Crippen molar-refractivity contribution < 1.29 is 30.0 Å². The van der Waals surface area contributed by atoms with Crippen molar-refractivity contribution >= 4 is 43.9 Å². The summed E-state index contributed by atoms with van der Waals surface area (Å²) in [4.78, 5) is -0.184. The average Bonchev–Trinajstić information content (AvgIpc) is 2.16. The quantitative estimate of drug-likeness (QED) is 0.469. The molecule has 2 aromatic rings. The van der Waals surface area contributed by atoms with E-state index in [4.69, 9.17) is 0 Å². The summed E-state index contributed by atoms with van der Waals surface area (Å²) in [5.41, 5.74) is 0. The van der Waals surface area contributed by atoms with E-state index >= 15 is 0 Å². The molecule has 80 valence electrons. The zero-order chi connectivity index (χ0) is 10.2. The SMILES string of the molecule is O=S(=O)([O-])c1ccc2ccccc2c1.[Br-].[Mg+2]. The fourth-order valence-electron chi connectivity index (χ4n) is 1.32. The van der Waals surface area contributed by atoms with Crippen LogP contribution in [0.5, 0.6) is 0 Å². The van der Waals surface area contributed by atoms with Gasteiger partial charge in [-0.15, -0.1) is 0 Å². The first-order valence-corrected chi connectivity index (χ1v) is 5.43. The first-order chi connectivity index (χ1) is 6.57. The van der Waals surface area contributed by atoms with Crippen molar-refractivity contribution in [1.82, 2.24) is 0 Å². The molecule has 0 spiro atoms. The molecular weight excluding hydrogens is 304 g/mol. The van der Waals surface area contributed by atoms with Crippen LogP contribution in [0.1, 0.15) is 0 Å². The van der Waals surface area contributed by atoms with E-state index in [-0.39, 0.29) is 44.9 Å². The second-order valence-corrected chi connectivity index (χ2v) is 4.34. The Hall–Kier alpha value is -0.144. The molecule has 0 N–H and O–H groups in total. The van der Waals surface area contributed by atoms with Crippen LogP contribution >= 0.6 is 0 Å². The second kappa shape index (κ2) is 5.97. The van der Waals surface area contributed by atoms with Crippen LogP contribution in [-0.2, 0) is 10.1 Å². The number of fused-ring (bicyclic) bond motifs is 1. The molecule has 0 radical (unpaired) electrons. The van der Waals surface area contributed by atoms with Gasteiger partial charge in [0, 0.05) is 0 Å². The smallest absolute Gasteiger partial charge is 1.00 e. The van der Waals surface area contributed by atoms with Crippen LogP contribution < -0.4 is 17.0 Å². The molecule has 0 amide bonds. The molecule has 0 fully saturated rings. The van der Waals surface area contributed by atoms with Gasteiger partial charge >= 0.3 is 23.1 Å². The Balaban J connectivity index is 0.00000112. The zero-order valence-electron chi connectivity index (χ0n) is 8.26. The van der Waals surface area contributed by atoms with Gasteiger partial charge in [-0.2, -0.15) is 0 Å². The van der Waals surface area contributed by atoms with Crippen LogP contribution in [0.25, 0.3) is 10.8 Å². The predicted molar refractivity (Wildman–Crippen MR) is 57.7 cm³/mol. The van der Waals surface area contributed by atoms with Crippen LogP contribution in [0.4, 0.5) is 0 Å². The van der Waals surface area contributed by atoms with Crippen LogP contribution in [0, 0.1) is 0 Å². The van der Waals surface area contributed by atoms with Gasteiger partial charge in [-0.25, -0.2) is 8.42 Å². The molecular formula is C10H7BrMgO3S. The van der Waals surface area contributed by atoms with Gasteiger partial charge in [-0.1, -0.05) is 30.3 Å². The summed E-state index contributed by atoms with van der Waals surface area (Å²) in [7, 11) is -4.34. The summed E-state index contributed by atoms with van der Waals surface area (Å²) >= 11 is 0. The zero-order valence-corrected chi connectivity index (χ0v) is 12.1. The standard InChI is InChI=1S/C10H8O3S.BrH.Mg/c11-14(12,13)10-6-5-8-3-1-2-4-9(8)7-10;;/h1-7H,(H,11,12,13);1H;/q;;+2/p-2. The molecule has 0 heterocycles. The molecule has 2 aromatic carbocycles. The Morgan fingerprint density at radius 2 is 1.50 bits per heavy atom. The third-order valence-corrected chi connectivity index (χ3v) is 2.84. The van der Waals surface area contributed by atoms with Crippen LogP contribution in [0.3, 0.4) is 0 Å². The van der Waals surface area contributed by atoms with Gasteiger partial charge in [0.05, 0.1) is 4.90 Å². The Morgan fingerprint density at radius 3 is 2.06 bits per heavy atom. The van der Waals surface area contributed by atoms with Gasteiger partial charge < -0.3 is 21.5 Å². The minimum Gasteiger partial charge on any atom is -1.00 e. The van der Waals surface area contributed by atoms with Crippen LogP contribution in [-0.4, -0.2) is 36.0 Å². The summed E-state index contributed by atoms with van der Waals surface area (Å²) < 4.78 is 32.2. The maximum atomic E-state index is 10.7. The molecule has 0 aliphatic carbocycles. The van der Waals surface area contributed by atoms with E-state index in [0.717, 1.165) is 10.8 Å². The van der Waals surface area contributed by atoms with Crippen molar-refractivity contribution in [2.75, 3.05) is 0 Å². The summed E-state index contributed by atoms with van der Waals surface area (Å²) in [6.45, 7) is 0. The third kappa shape index (κ3) is 3.43. The maximum Gasteiger partial charge on any atom is 2.00 e. The van der Waals surface area contributed by atoms with Gasteiger partial charge in [0.15, 0.2) is 0 Å². The minimum atomic E-state index is -4.34. The molecule has 0 atom stereocenters. The van der Waals surface area contributed by atoms with Crippen LogP contribution in [0.2, 0.25) is 0 Å². The Bertz CT molecular complexity index is 583. The molecule has 0 unspecified atom stereocenters. The first kappa shape index (κ1) is 15.9. The van der Waals surface area contributed by atoms with Gasteiger partial charge in [-0.05, 0) is 22.9 Å². The van der Waals surface area contributed by atoms with Crippen molar-refractivity contribution in [2.24, 2.45) is 0 Å². The third-order valence-electron chi connectivity index (χ3n) is 2.01. The first-order valence-electron chi connectivity index (χ1n) is 4.02. The predicted octanol–water partition coefficient (Wildman–Crippen LogP) is -1.63. The second-order valence-electron chi connectivity index (χ2n) is 2.96. The molecule has 0 saturated heterocycles. The monoisotopic (exact) mass is 310 g/mol. The number of halogens is 1. The Morgan fingerprint density at radius 1 is 0.938 bits per heavy atom. The van der Waals surface area contributed by atoms with Crippen molar-refractivity contribution in [3.8, 4) is 0 Å². The van der Waals surface area contributed by atoms with E-state index in [2.05, 4.69) is 0 Å². The largest absolute Gasteiger partial charge is 2.00 e. The number of rotatable bonds is 1. The van der Waals surface area contributed by atoms with E-state index in [0.29, 0.717) is 0 Å². The fraction of sp³-hybridized carbons (Fsp3) is 0. The number of hydrogen-bond donors (Lipinski definition) is 0. The molecule has 16 heavy (non-hydrogen) atoms. The number of benzene rings is 2. The molecule has 2 rings (SSSR count). The van der Waals surface area contributed by atoms with Gasteiger partial charge in [0.25, 0.3) is 0 Å². The van der Waals surface area contributed by atoms with Crippen molar-refractivity contribution in [2.45, 2.75) is 4.90 Å².